The number of hydrogen-bond donors (Lipinski definition) is 2. The minimum absolute atomic E-state index is 0.335. The van der Waals surface area contributed by atoms with Crippen LogP contribution in [0.2, 0.25) is 0 Å². The zero-order chi connectivity index (χ0) is 11.9. The van der Waals surface area contributed by atoms with Gasteiger partial charge in [0.05, 0.1) is 0 Å². The zero-order valence-electron chi connectivity index (χ0n) is 10.6. The molecule has 0 heterocycles. The Morgan fingerprint density at radius 2 is 2.06 bits per heavy atom. The summed E-state index contributed by atoms with van der Waals surface area (Å²) in [4.78, 5) is 0. The van der Waals surface area contributed by atoms with Gasteiger partial charge in [-0.25, -0.2) is 0 Å². The molecule has 1 atom stereocenters. The summed E-state index contributed by atoms with van der Waals surface area (Å²) < 4.78 is 0. The Bertz CT molecular complexity index is 421. The first-order valence-corrected chi connectivity index (χ1v) is 6.78. The normalized spacial score (nSPS) is 22.2. The molecule has 2 heteroatoms. The second kappa shape index (κ2) is 4.11. The molecule has 2 nitrogen and oxygen atoms in total. The number of nitrogens with one attached hydrogen (secondary N) is 1. The standard InChI is InChI=1S/C15H22N2/c1-17-14(15(10-16)7-8-15)13-6-5-11-3-2-4-12(11)9-13/h5-6,9,14,17H,2-4,7-8,10,16H2,1H3. The lowest BCUT2D eigenvalue weighted by molar-refractivity contribution is 0.366. The summed E-state index contributed by atoms with van der Waals surface area (Å²) in [6.45, 7) is 0.801. The van der Waals surface area contributed by atoms with Crippen molar-refractivity contribution >= 4 is 0 Å². The van der Waals surface area contributed by atoms with E-state index in [2.05, 4.69) is 30.6 Å². The number of aryl methyl sites for hydroxylation is 2. The Hall–Kier alpha value is -0.860. The van der Waals surface area contributed by atoms with Crippen molar-refractivity contribution in [3.8, 4) is 0 Å². The molecule has 0 saturated heterocycles. The quantitative estimate of drug-likeness (QED) is 0.832. The van der Waals surface area contributed by atoms with E-state index in [4.69, 9.17) is 5.73 Å². The molecule has 0 radical (unpaired) electrons. The summed E-state index contributed by atoms with van der Waals surface area (Å²) >= 11 is 0. The molecule has 92 valence electrons. The fourth-order valence-electron chi connectivity index (χ4n) is 3.37. The molecular formula is C15H22N2. The molecule has 0 aliphatic heterocycles. The zero-order valence-corrected chi connectivity index (χ0v) is 10.6. The van der Waals surface area contributed by atoms with Crippen molar-refractivity contribution in [1.82, 2.24) is 5.32 Å². The van der Waals surface area contributed by atoms with Crippen LogP contribution in [0.25, 0.3) is 0 Å². The molecule has 0 aromatic heterocycles. The molecule has 2 aliphatic carbocycles. The second-order valence-electron chi connectivity index (χ2n) is 5.67. The summed E-state index contributed by atoms with van der Waals surface area (Å²) in [5.74, 6) is 0. The summed E-state index contributed by atoms with van der Waals surface area (Å²) in [5.41, 5.74) is 10.9. The first kappa shape index (κ1) is 11.2. The number of fused-ring (bicyclic) bond motifs is 1. The Morgan fingerprint density at radius 1 is 1.29 bits per heavy atom. The Labute approximate surface area is 104 Å². The highest BCUT2D eigenvalue weighted by Gasteiger charge is 2.48. The van der Waals surface area contributed by atoms with Gasteiger partial charge < -0.3 is 11.1 Å². The Balaban J connectivity index is 1.92. The van der Waals surface area contributed by atoms with Crippen molar-refractivity contribution in [3.05, 3.63) is 34.9 Å². The molecule has 1 aromatic rings. The number of rotatable bonds is 4. The average Bonchev–Trinajstić information content (AvgIpc) is 3.00. The molecule has 0 bridgehead atoms. The average molecular weight is 230 g/mol. The number of nitrogens with two attached hydrogens (primary N) is 1. The number of hydrogen-bond acceptors (Lipinski definition) is 2. The van der Waals surface area contributed by atoms with E-state index in [1.165, 1.54) is 37.7 Å². The Kier molecular flexibility index (Phi) is 2.72. The van der Waals surface area contributed by atoms with Gasteiger partial charge in [0.1, 0.15) is 0 Å². The van der Waals surface area contributed by atoms with Gasteiger partial charge in [-0.05, 0) is 62.4 Å². The van der Waals surface area contributed by atoms with E-state index in [9.17, 15) is 0 Å². The molecular weight excluding hydrogens is 208 g/mol. The van der Waals surface area contributed by atoms with E-state index in [0.717, 1.165) is 6.54 Å². The third kappa shape index (κ3) is 1.80. The van der Waals surface area contributed by atoms with Gasteiger partial charge in [0.2, 0.25) is 0 Å². The van der Waals surface area contributed by atoms with Crippen LogP contribution in [-0.2, 0) is 12.8 Å². The van der Waals surface area contributed by atoms with Crippen molar-refractivity contribution in [2.45, 2.75) is 38.1 Å². The highest BCUT2D eigenvalue weighted by atomic mass is 14.9. The maximum Gasteiger partial charge on any atom is 0.0387 e. The van der Waals surface area contributed by atoms with Gasteiger partial charge in [-0.1, -0.05) is 18.2 Å². The van der Waals surface area contributed by atoms with Crippen molar-refractivity contribution in [2.75, 3.05) is 13.6 Å². The molecule has 0 spiro atoms. The molecule has 1 fully saturated rings. The van der Waals surface area contributed by atoms with Crippen LogP contribution in [0.3, 0.4) is 0 Å². The predicted molar refractivity (Wildman–Crippen MR) is 71.0 cm³/mol. The van der Waals surface area contributed by atoms with Crippen molar-refractivity contribution in [1.29, 1.82) is 0 Å². The van der Waals surface area contributed by atoms with Crippen molar-refractivity contribution in [2.24, 2.45) is 11.1 Å². The van der Waals surface area contributed by atoms with Crippen LogP contribution < -0.4 is 11.1 Å². The van der Waals surface area contributed by atoms with E-state index in [1.54, 1.807) is 11.1 Å². The van der Waals surface area contributed by atoms with E-state index in [1.807, 2.05) is 0 Å². The van der Waals surface area contributed by atoms with Crippen molar-refractivity contribution < 1.29 is 0 Å². The number of benzene rings is 1. The van der Waals surface area contributed by atoms with Crippen molar-refractivity contribution in [3.63, 3.8) is 0 Å². The van der Waals surface area contributed by atoms with Gasteiger partial charge in [-0.2, -0.15) is 0 Å². The molecule has 1 saturated carbocycles. The van der Waals surface area contributed by atoms with Gasteiger partial charge in [0, 0.05) is 11.5 Å². The summed E-state index contributed by atoms with van der Waals surface area (Å²) in [7, 11) is 2.06. The lowest BCUT2D eigenvalue weighted by atomic mass is 9.88. The third-order valence-electron chi connectivity index (χ3n) is 4.66. The Morgan fingerprint density at radius 3 is 2.71 bits per heavy atom. The molecule has 3 N–H and O–H groups in total. The molecule has 1 unspecified atom stereocenters. The molecule has 0 amide bonds. The first-order chi connectivity index (χ1) is 8.29. The van der Waals surface area contributed by atoms with Crippen LogP contribution in [0.15, 0.2) is 18.2 Å². The van der Waals surface area contributed by atoms with Crippen LogP contribution in [0.5, 0.6) is 0 Å². The maximum absolute atomic E-state index is 5.96. The van der Waals surface area contributed by atoms with Crippen LogP contribution in [-0.4, -0.2) is 13.6 Å². The van der Waals surface area contributed by atoms with Gasteiger partial charge >= 0.3 is 0 Å². The lowest BCUT2D eigenvalue weighted by Gasteiger charge is -2.26. The van der Waals surface area contributed by atoms with E-state index in [0.29, 0.717) is 11.5 Å². The van der Waals surface area contributed by atoms with E-state index in [-0.39, 0.29) is 0 Å². The maximum atomic E-state index is 5.96. The predicted octanol–water partition coefficient (Wildman–Crippen LogP) is 2.17. The van der Waals surface area contributed by atoms with Crippen LogP contribution in [0, 0.1) is 5.41 Å². The van der Waals surface area contributed by atoms with E-state index < -0.39 is 0 Å². The summed E-state index contributed by atoms with van der Waals surface area (Å²) in [6.07, 6.45) is 6.39. The fraction of sp³-hybridized carbons (Fsp3) is 0.600. The van der Waals surface area contributed by atoms with Crippen LogP contribution in [0.4, 0.5) is 0 Å². The minimum atomic E-state index is 0.335. The first-order valence-electron chi connectivity index (χ1n) is 6.78. The van der Waals surface area contributed by atoms with E-state index >= 15 is 0 Å². The largest absolute Gasteiger partial charge is 0.330 e. The second-order valence-corrected chi connectivity index (χ2v) is 5.67. The molecule has 17 heavy (non-hydrogen) atoms. The minimum Gasteiger partial charge on any atom is -0.330 e. The molecule has 1 aromatic carbocycles. The summed E-state index contributed by atoms with van der Waals surface area (Å²) in [5, 5.41) is 3.48. The smallest absolute Gasteiger partial charge is 0.0387 e. The monoisotopic (exact) mass is 230 g/mol. The van der Waals surface area contributed by atoms with Gasteiger partial charge in [0.15, 0.2) is 0 Å². The fourth-order valence-corrected chi connectivity index (χ4v) is 3.37. The van der Waals surface area contributed by atoms with Gasteiger partial charge in [-0.15, -0.1) is 0 Å². The highest BCUT2D eigenvalue weighted by molar-refractivity contribution is 5.37. The third-order valence-corrected chi connectivity index (χ3v) is 4.66. The SMILES string of the molecule is CNC(c1ccc2c(c1)CCC2)C1(CN)CC1. The summed E-state index contributed by atoms with van der Waals surface area (Å²) in [6, 6.07) is 7.49. The van der Waals surface area contributed by atoms with Crippen LogP contribution >= 0.6 is 0 Å². The molecule has 3 rings (SSSR count). The van der Waals surface area contributed by atoms with Gasteiger partial charge in [-0.3, -0.25) is 0 Å². The molecule has 2 aliphatic rings. The lowest BCUT2D eigenvalue weighted by Crippen LogP contribution is -2.32. The van der Waals surface area contributed by atoms with Gasteiger partial charge in [0.25, 0.3) is 0 Å². The highest BCUT2D eigenvalue weighted by Crippen LogP contribution is 2.54. The van der Waals surface area contributed by atoms with Crippen LogP contribution in [0.1, 0.15) is 42.0 Å². The topological polar surface area (TPSA) is 38.0 Å².